The molecule has 150 valence electrons. The third-order valence-corrected chi connectivity index (χ3v) is 4.98. The van der Waals surface area contributed by atoms with Crippen LogP contribution >= 0.6 is 11.8 Å². The molecule has 0 saturated heterocycles. The Hall–Kier alpha value is -2.49. The summed E-state index contributed by atoms with van der Waals surface area (Å²) in [5.74, 6) is -0.0330. The van der Waals surface area contributed by atoms with Crippen LogP contribution in [-0.4, -0.2) is 35.5 Å². The molecule has 1 aromatic heterocycles. The van der Waals surface area contributed by atoms with Crippen LogP contribution < -0.4 is 15.8 Å². The van der Waals surface area contributed by atoms with E-state index in [9.17, 15) is 22.8 Å². The smallest absolute Gasteiger partial charge is 0.348 e. The third kappa shape index (κ3) is 5.28. The van der Waals surface area contributed by atoms with E-state index in [0.717, 1.165) is 24.5 Å². The van der Waals surface area contributed by atoms with Gasteiger partial charge in [0, 0.05) is 25.1 Å². The number of hydrogen-bond donors (Lipinski definition) is 2. The van der Waals surface area contributed by atoms with Crippen molar-refractivity contribution in [3.05, 3.63) is 51.9 Å². The van der Waals surface area contributed by atoms with Crippen LogP contribution in [0.3, 0.4) is 0 Å². The van der Waals surface area contributed by atoms with Crippen molar-refractivity contribution in [2.45, 2.75) is 29.3 Å². The SMILES string of the molecule is CN(C)c1nc(C(=O)NC(c2ccc(SC(F)(F)F)cc2)C2CC2)cc(=O)[nH]1. The topological polar surface area (TPSA) is 78.1 Å². The molecule has 1 fully saturated rings. The summed E-state index contributed by atoms with van der Waals surface area (Å²) in [5.41, 5.74) is -4.08. The summed E-state index contributed by atoms with van der Waals surface area (Å²) in [4.78, 5) is 32.8. The summed E-state index contributed by atoms with van der Waals surface area (Å²) in [7, 11) is 3.38. The Bertz CT molecular complexity index is 908. The highest BCUT2D eigenvalue weighted by Crippen LogP contribution is 2.42. The van der Waals surface area contributed by atoms with Gasteiger partial charge in [0.25, 0.3) is 11.5 Å². The average Bonchev–Trinajstić information content (AvgIpc) is 3.43. The van der Waals surface area contributed by atoms with Crippen molar-refractivity contribution in [2.24, 2.45) is 5.92 Å². The molecule has 1 saturated carbocycles. The van der Waals surface area contributed by atoms with Crippen LogP contribution in [0.1, 0.15) is 34.9 Å². The van der Waals surface area contributed by atoms with Gasteiger partial charge < -0.3 is 10.2 Å². The fraction of sp³-hybridized carbons (Fsp3) is 0.389. The van der Waals surface area contributed by atoms with Gasteiger partial charge in [0.15, 0.2) is 0 Å². The number of alkyl halides is 3. The number of carbonyl (C=O) groups is 1. The Balaban J connectivity index is 1.79. The van der Waals surface area contributed by atoms with Gasteiger partial charge in [-0.2, -0.15) is 13.2 Å². The third-order valence-electron chi connectivity index (χ3n) is 4.24. The lowest BCUT2D eigenvalue weighted by molar-refractivity contribution is -0.0328. The van der Waals surface area contributed by atoms with E-state index in [0.29, 0.717) is 0 Å². The normalized spacial score (nSPS) is 15.2. The first-order chi connectivity index (χ1) is 13.1. The minimum absolute atomic E-state index is 0.0117. The number of aromatic nitrogens is 2. The van der Waals surface area contributed by atoms with Crippen LogP contribution in [0, 0.1) is 5.92 Å². The van der Waals surface area contributed by atoms with Crippen molar-refractivity contribution >= 4 is 23.6 Å². The lowest BCUT2D eigenvalue weighted by atomic mass is 10.0. The number of nitrogens with one attached hydrogen (secondary N) is 2. The van der Waals surface area contributed by atoms with Gasteiger partial charge in [-0.15, -0.1) is 0 Å². The highest BCUT2D eigenvalue weighted by molar-refractivity contribution is 8.00. The summed E-state index contributed by atoms with van der Waals surface area (Å²) in [6.45, 7) is 0. The molecule has 0 bridgehead atoms. The molecular formula is C18H19F3N4O2S. The van der Waals surface area contributed by atoms with E-state index in [1.54, 1.807) is 31.1 Å². The predicted molar refractivity (Wildman–Crippen MR) is 100 cm³/mol. The van der Waals surface area contributed by atoms with Crippen LogP contribution in [0.5, 0.6) is 0 Å². The Morgan fingerprint density at radius 3 is 2.46 bits per heavy atom. The molecule has 1 atom stereocenters. The van der Waals surface area contributed by atoms with Crippen LogP contribution in [0.2, 0.25) is 0 Å². The van der Waals surface area contributed by atoms with E-state index in [2.05, 4.69) is 15.3 Å². The van der Waals surface area contributed by atoms with Gasteiger partial charge in [-0.1, -0.05) is 12.1 Å². The molecular weight excluding hydrogens is 393 g/mol. The minimum atomic E-state index is -4.35. The summed E-state index contributed by atoms with van der Waals surface area (Å²) in [6, 6.07) is 6.74. The number of amides is 1. The quantitative estimate of drug-likeness (QED) is 0.712. The first-order valence-electron chi connectivity index (χ1n) is 8.57. The molecule has 1 unspecified atom stereocenters. The lowest BCUT2D eigenvalue weighted by Gasteiger charge is -2.19. The van der Waals surface area contributed by atoms with Gasteiger partial charge in [-0.05, 0) is 48.2 Å². The maximum Gasteiger partial charge on any atom is 0.446 e. The van der Waals surface area contributed by atoms with Crippen molar-refractivity contribution in [1.82, 2.24) is 15.3 Å². The van der Waals surface area contributed by atoms with Crippen LogP contribution in [0.4, 0.5) is 19.1 Å². The van der Waals surface area contributed by atoms with E-state index in [1.165, 1.54) is 12.1 Å². The van der Waals surface area contributed by atoms with Gasteiger partial charge in [-0.25, -0.2) is 4.98 Å². The summed E-state index contributed by atoms with van der Waals surface area (Å²) >= 11 is -0.178. The van der Waals surface area contributed by atoms with Gasteiger partial charge in [0.05, 0.1) is 6.04 Å². The fourth-order valence-corrected chi connectivity index (χ4v) is 3.31. The highest BCUT2D eigenvalue weighted by Gasteiger charge is 2.34. The fourth-order valence-electron chi connectivity index (χ4n) is 2.77. The molecule has 1 aliphatic rings. The van der Waals surface area contributed by atoms with Crippen molar-refractivity contribution in [3.63, 3.8) is 0 Å². The minimum Gasteiger partial charge on any atom is -0.348 e. The average molecular weight is 412 g/mol. The predicted octanol–water partition coefficient (Wildman–Crippen LogP) is 3.33. The van der Waals surface area contributed by atoms with Crippen molar-refractivity contribution in [3.8, 4) is 0 Å². The molecule has 0 spiro atoms. The molecule has 0 aliphatic heterocycles. The largest absolute Gasteiger partial charge is 0.446 e. The molecule has 0 radical (unpaired) electrons. The monoisotopic (exact) mass is 412 g/mol. The van der Waals surface area contributed by atoms with Crippen LogP contribution in [0.25, 0.3) is 0 Å². The van der Waals surface area contributed by atoms with Gasteiger partial charge >= 0.3 is 5.51 Å². The number of carbonyl (C=O) groups excluding carboxylic acids is 1. The Morgan fingerprint density at radius 2 is 1.93 bits per heavy atom. The van der Waals surface area contributed by atoms with E-state index < -0.39 is 17.0 Å². The van der Waals surface area contributed by atoms with E-state index in [-0.39, 0.29) is 40.3 Å². The first-order valence-corrected chi connectivity index (χ1v) is 9.39. The van der Waals surface area contributed by atoms with Crippen LogP contribution in [-0.2, 0) is 0 Å². The lowest BCUT2D eigenvalue weighted by Crippen LogP contribution is -2.32. The second kappa shape index (κ2) is 7.86. The van der Waals surface area contributed by atoms with Gasteiger partial charge in [0.2, 0.25) is 5.95 Å². The molecule has 1 aliphatic carbocycles. The van der Waals surface area contributed by atoms with Gasteiger partial charge in [-0.3, -0.25) is 14.6 Å². The zero-order chi connectivity index (χ0) is 20.5. The number of rotatable bonds is 6. The Kier molecular flexibility index (Phi) is 5.69. The number of halogens is 3. The van der Waals surface area contributed by atoms with E-state index >= 15 is 0 Å². The maximum atomic E-state index is 12.6. The second-order valence-corrected chi connectivity index (χ2v) is 7.89. The van der Waals surface area contributed by atoms with Crippen LogP contribution in [0.15, 0.2) is 40.0 Å². The molecule has 6 nitrogen and oxygen atoms in total. The number of H-pyrrole nitrogens is 1. The molecule has 2 N–H and O–H groups in total. The molecule has 10 heteroatoms. The second-order valence-electron chi connectivity index (χ2n) is 6.75. The number of nitrogens with zero attached hydrogens (tertiary/aromatic N) is 2. The molecule has 2 aromatic rings. The van der Waals surface area contributed by atoms with Crippen molar-refractivity contribution in [2.75, 3.05) is 19.0 Å². The number of hydrogen-bond acceptors (Lipinski definition) is 5. The summed E-state index contributed by atoms with van der Waals surface area (Å²) in [6.07, 6.45) is 1.82. The zero-order valence-electron chi connectivity index (χ0n) is 15.2. The molecule has 1 aromatic carbocycles. The molecule has 1 amide bonds. The highest BCUT2D eigenvalue weighted by atomic mass is 32.2. The first kappa shape index (κ1) is 20.2. The number of anilines is 1. The standard InChI is InChI=1S/C18H19F3N4O2S/c1-25(2)17-22-13(9-14(26)23-17)16(27)24-15(10-3-4-10)11-5-7-12(8-6-11)28-18(19,20)21/h5-10,15H,3-4H2,1-2H3,(H,24,27)(H,22,23,26). The number of aromatic amines is 1. The summed E-state index contributed by atoms with van der Waals surface area (Å²) < 4.78 is 37.5. The number of thioether (sulfide) groups is 1. The maximum absolute atomic E-state index is 12.6. The van der Waals surface area contributed by atoms with Crippen molar-refractivity contribution in [1.29, 1.82) is 0 Å². The number of benzene rings is 1. The Labute approximate surface area is 163 Å². The van der Waals surface area contributed by atoms with Gasteiger partial charge in [0.1, 0.15) is 5.69 Å². The zero-order valence-corrected chi connectivity index (χ0v) is 16.0. The molecule has 3 rings (SSSR count). The Morgan fingerprint density at radius 1 is 1.29 bits per heavy atom. The van der Waals surface area contributed by atoms with E-state index in [1.807, 2.05) is 0 Å². The molecule has 28 heavy (non-hydrogen) atoms. The van der Waals surface area contributed by atoms with E-state index in [4.69, 9.17) is 0 Å². The molecule has 1 heterocycles. The van der Waals surface area contributed by atoms with Crippen molar-refractivity contribution < 1.29 is 18.0 Å². The summed E-state index contributed by atoms with van der Waals surface area (Å²) in [5, 5.41) is 2.87.